The molecule has 5 heteroatoms. The number of amides is 2. The Bertz CT molecular complexity index is 571. The van der Waals surface area contributed by atoms with Gasteiger partial charge in [0.2, 0.25) is 5.91 Å². The molecule has 1 saturated heterocycles. The summed E-state index contributed by atoms with van der Waals surface area (Å²) in [5, 5.41) is 2.95. The first kappa shape index (κ1) is 18.5. The maximum atomic E-state index is 12.6. The number of nitrogens with zero attached hydrogens (tertiary/aromatic N) is 2. The highest BCUT2D eigenvalue weighted by Gasteiger charge is 2.21. The lowest BCUT2D eigenvalue weighted by molar-refractivity contribution is -0.122. The molecule has 1 aromatic rings. The van der Waals surface area contributed by atoms with Crippen molar-refractivity contribution in [3.05, 3.63) is 35.4 Å². The zero-order valence-corrected chi connectivity index (χ0v) is 15.0. The number of hydrogen-bond donors (Lipinski definition) is 1. The number of carbonyl (C=O) groups is 2. The molecule has 24 heavy (non-hydrogen) atoms. The molecule has 2 rings (SSSR count). The van der Waals surface area contributed by atoms with E-state index in [-0.39, 0.29) is 11.8 Å². The molecule has 0 aromatic heterocycles. The Hall–Kier alpha value is -1.88. The van der Waals surface area contributed by atoms with Gasteiger partial charge in [-0.2, -0.15) is 0 Å². The van der Waals surface area contributed by atoms with Gasteiger partial charge in [-0.05, 0) is 31.4 Å². The third kappa shape index (κ3) is 5.64. The molecule has 0 atom stereocenters. The number of hydrogen-bond acceptors (Lipinski definition) is 3. The Labute approximate surface area is 145 Å². The van der Waals surface area contributed by atoms with Crippen LogP contribution in [-0.4, -0.2) is 60.9 Å². The van der Waals surface area contributed by atoms with Crippen molar-refractivity contribution < 1.29 is 9.59 Å². The predicted molar refractivity (Wildman–Crippen MR) is 96.0 cm³/mol. The zero-order valence-electron chi connectivity index (χ0n) is 15.0. The average Bonchev–Trinajstić information content (AvgIpc) is 2.78. The predicted octanol–water partition coefficient (Wildman–Crippen LogP) is 1.92. The molecule has 0 radical (unpaired) electrons. The summed E-state index contributed by atoms with van der Waals surface area (Å²) < 4.78 is 0. The van der Waals surface area contributed by atoms with Crippen molar-refractivity contribution in [3.63, 3.8) is 0 Å². The van der Waals surface area contributed by atoms with E-state index in [1.54, 1.807) is 0 Å². The van der Waals surface area contributed by atoms with Crippen LogP contribution in [0.1, 0.15) is 36.2 Å². The van der Waals surface area contributed by atoms with Gasteiger partial charge in [-0.15, -0.1) is 0 Å². The fourth-order valence-corrected chi connectivity index (χ4v) is 2.87. The van der Waals surface area contributed by atoms with E-state index in [1.165, 1.54) is 0 Å². The first-order chi connectivity index (χ1) is 11.5. The third-order valence-corrected chi connectivity index (χ3v) is 4.22. The summed E-state index contributed by atoms with van der Waals surface area (Å²) in [6, 6.07) is 7.73. The number of carbonyl (C=O) groups excluding carboxylic acids is 2. The van der Waals surface area contributed by atoms with Crippen molar-refractivity contribution in [2.24, 2.45) is 5.92 Å². The molecule has 0 saturated carbocycles. The van der Waals surface area contributed by atoms with Crippen molar-refractivity contribution in [2.75, 3.05) is 39.3 Å². The monoisotopic (exact) mass is 331 g/mol. The number of rotatable bonds is 5. The molecule has 0 unspecified atom stereocenters. The minimum Gasteiger partial charge on any atom is -0.355 e. The second-order valence-electron chi connectivity index (χ2n) is 6.99. The summed E-state index contributed by atoms with van der Waals surface area (Å²) in [4.78, 5) is 28.6. The number of benzene rings is 1. The lowest BCUT2D eigenvalue weighted by Crippen LogP contribution is -2.40. The Morgan fingerprint density at radius 3 is 2.67 bits per heavy atom. The van der Waals surface area contributed by atoms with Gasteiger partial charge in [0.05, 0.1) is 6.54 Å². The molecule has 1 aliphatic heterocycles. The highest BCUT2D eigenvalue weighted by atomic mass is 16.2. The molecule has 0 bridgehead atoms. The van der Waals surface area contributed by atoms with Crippen LogP contribution in [0.25, 0.3) is 0 Å². The molecule has 2 amide bonds. The van der Waals surface area contributed by atoms with E-state index in [4.69, 9.17) is 0 Å². The Kier molecular flexibility index (Phi) is 6.79. The second kappa shape index (κ2) is 8.83. The molecule has 1 fully saturated rings. The quantitative estimate of drug-likeness (QED) is 0.897. The smallest absolute Gasteiger partial charge is 0.253 e. The number of aryl methyl sites for hydroxylation is 1. The van der Waals surface area contributed by atoms with Crippen molar-refractivity contribution in [2.45, 2.75) is 27.2 Å². The molecule has 132 valence electrons. The van der Waals surface area contributed by atoms with E-state index < -0.39 is 0 Å². The lowest BCUT2D eigenvalue weighted by atomic mass is 10.1. The van der Waals surface area contributed by atoms with Crippen LogP contribution in [0.15, 0.2) is 24.3 Å². The summed E-state index contributed by atoms with van der Waals surface area (Å²) >= 11 is 0. The minimum absolute atomic E-state index is 0.0714. The SMILES string of the molecule is Cc1cccc(C(=O)N2CCCN(CC(=O)NCC(C)C)CC2)c1. The maximum Gasteiger partial charge on any atom is 0.253 e. The molecule has 0 aliphatic carbocycles. The standard InChI is InChI=1S/C19H29N3O2/c1-15(2)13-20-18(23)14-21-8-5-9-22(11-10-21)19(24)17-7-4-6-16(3)12-17/h4,6-7,12,15H,5,8-11,13-14H2,1-3H3,(H,20,23). The Morgan fingerprint density at radius 2 is 1.96 bits per heavy atom. The average molecular weight is 331 g/mol. The Morgan fingerprint density at radius 1 is 1.17 bits per heavy atom. The van der Waals surface area contributed by atoms with E-state index >= 15 is 0 Å². The summed E-state index contributed by atoms with van der Waals surface area (Å²) in [6.45, 7) is 10.3. The summed E-state index contributed by atoms with van der Waals surface area (Å²) in [7, 11) is 0. The molecule has 1 N–H and O–H groups in total. The molecule has 0 spiro atoms. The summed E-state index contributed by atoms with van der Waals surface area (Å²) in [5.74, 6) is 0.618. The fraction of sp³-hybridized carbons (Fsp3) is 0.579. The normalized spacial score (nSPS) is 16.1. The maximum absolute atomic E-state index is 12.6. The minimum atomic E-state index is 0.0714. The lowest BCUT2D eigenvalue weighted by Gasteiger charge is -2.22. The largest absolute Gasteiger partial charge is 0.355 e. The third-order valence-electron chi connectivity index (χ3n) is 4.22. The van der Waals surface area contributed by atoms with Gasteiger partial charge in [-0.3, -0.25) is 14.5 Å². The van der Waals surface area contributed by atoms with Crippen molar-refractivity contribution in [3.8, 4) is 0 Å². The van der Waals surface area contributed by atoms with Crippen LogP contribution in [-0.2, 0) is 4.79 Å². The van der Waals surface area contributed by atoms with Crippen LogP contribution in [0.2, 0.25) is 0 Å². The van der Waals surface area contributed by atoms with E-state index in [0.29, 0.717) is 25.6 Å². The van der Waals surface area contributed by atoms with Crippen molar-refractivity contribution >= 4 is 11.8 Å². The number of nitrogens with one attached hydrogen (secondary N) is 1. The van der Waals surface area contributed by atoms with Crippen LogP contribution in [0, 0.1) is 12.8 Å². The van der Waals surface area contributed by atoms with Crippen LogP contribution in [0.3, 0.4) is 0 Å². The van der Waals surface area contributed by atoms with Crippen molar-refractivity contribution in [1.82, 2.24) is 15.1 Å². The van der Waals surface area contributed by atoms with Crippen LogP contribution >= 0.6 is 0 Å². The molecular formula is C19H29N3O2. The highest BCUT2D eigenvalue weighted by Crippen LogP contribution is 2.11. The zero-order chi connectivity index (χ0) is 17.5. The van der Waals surface area contributed by atoms with Crippen LogP contribution in [0.4, 0.5) is 0 Å². The van der Waals surface area contributed by atoms with E-state index in [1.807, 2.05) is 36.1 Å². The first-order valence-electron chi connectivity index (χ1n) is 8.80. The van der Waals surface area contributed by atoms with Crippen LogP contribution in [0.5, 0.6) is 0 Å². The summed E-state index contributed by atoms with van der Waals surface area (Å²) in [5.41, 5.74) is 1.84. The highest BCUT2D eigenvalue weighted by molar-refractivity contribution is 5.94. The molecule has 1 heterocycles. The van der Waals surface area contributed by atoms with Gasteiger partial charge in [0.1, 0.15) is 0 Å². The van der Waals surface area contributed by atoms with E-state index in [2.05, 4.69) is 24.1 Å². The Balaban J connectivity index is 1.86. The van der Waals surface area contributed by atoms with Gasteiger partial charge < -0.3 is 10.2 Å². The molecule has 1 aliphatic rings. The van der Waals surface area contributed by atoms with Gasteiger partial charge in [0.25, 0.3) is 5.91 Å². The van der Waals surface area contributed by atoms with Gasteiger partial charge >= 0.3 is 0 Å². The second-order valence-corrected chi connectivity index (χ2v) is 6.99. The van der Waals surface area contributed by atoms with Gasteiger partial charge in [-0.25, -0.2) is 0 Å². The fourth-order valence-electron chi connectivity index (χ4n) is 2.87. The van der Waals surface area contributed by atoms with Gasteiger partial charge in [-0.1, -0.05) is 31.5 Å². The molecule has 5 nitrogen and oxygen atoms in total. The molecule has 1 aromatic carbocycles. The van der Waals surface area contributed by atoms with Gasteiger partial charge in [0.15, 0.2) is 0 Å². The molecular weight excluding hydrogens is 302 g/mol. The van der Waals surface area contributed by atoms with Crippen LogP contribution < -0.4 is 5.32 Å². The van der Waals surface area contributed by atoms with E-state index in [0.717, 1.165) is 37.2 Å². The topological polar surface area (TPSA) is 52.7 Å². The van der Waals surface area contributed by atoms with E-state index in [9.17, 15) is 9.59 Å². The summed E-state index contributed by atoms with van der Waals surface area (Å²) in [6.07, 6.45) is 0.898. The van der Waals surface area contributed by atoms with Crippen molar-refractivity contribution in [1.29, 1.82) is 0 Å². The first-order valence-corrected chi connectivity index (χ1v) is 8.80. The van der Waals surface area contributed by atoms with Gasteiger partial charge in [0, 0.05) is 38.3 Å².